The van der Waals surface area contributed by atoms with Crippen LogP contribution in [-0.2, 0) is 14.4 Å². The van der Waals surface area contributed by atoms with Gasteiger partial charge in [0.05, 0.1) is 7.11 Å². The molecule has 0 saturated carbocycles. The highest BCUT2D eigenvalue weighted by atomic mass is 16.7. The second-order valence-electron chi connectivity index (χ2n) is 4.02. The lowest BCUT2D eigenvalue weighted by Crippen LogP contribution is -2.41. The largest absolute Gasteiger partial charge is 0.444 e. The summed E-state index contributed by atoms with van der Waals surface area (Å²) in [5.41, 5.74) is -0.614. The molecule has 0 rings (SSSR count). The minimum Gasteiger partial charge on any atom is -0.444 e. The molecule has 0 aliphatic rings. The number of carbonyl (C=O) groups excluding carboxylic acids is 2. The molecule has 0 spiro atoms. The van der Waals surface area contributed by atoms with E-state index < -0.39 is 17.6 Å². The molecule has 0 aromatic rings. The average molecular weight is 218 g/mol. The number of carbonyl (C=O) groups is 2. The second kappa shape index (κ2) is 5.67. The Hall–Kier alpha value is -1.14. The lowest BCUT2D eigenvalue weighted by Gasteiger charge is -2.19. The van der Waals surface area contributed by atoms with E-state index in [0.29, 0.717) is 0 Å². The van der Waals surface area contributed by atoms with Gasteiger partial charge in [-0.3, -0.25) is 10.1 Å². The Labute approximate surface area is 89.5 Å². The number of imide groups is 1. The fourth-order valence-corrected chi connectivity index (χ4v) is 0.724. The maximum Gasteiger partial charge on any atom is 0.414 e. The molecule has 6 heteroatoms. The number of nitrogens with zero attached hydrogens (tertiary/aromatic N) is 1. The van der Waals surface area contributed by atoms with E-state index in [4.69, 9.17) is 9.57 Å². The Morgan fingerprint density at radius 1 is 1.33 bits per heavy atom. The molecule has 0 heterocycles. The van der Waals surface area contributed by atoms with Crippen LogP contribution in [0.1, 0.15) is 20.8 Å². The zero-order chi connectivity index (χ0) is 12.1. The summed E-state index contributed by atoms with van der Waals surface area (Å²) in [4.78, 5) is 27.0. The van der Waals surface area contributed by atoms with Crippen LogP contribution in [0.3, 0.4) is 0 Å². The van der Waals surface area contributed by atoms with E-state index in [1.807, 2.05) is 0 Å². The standard InChI is InChI=1S/C9H18N2O4/c1-9(2,3)15-8(13)10-7(12)6-11(4)14-5/h6H2,1-5H3,(H,10,12,13). The van der Waals surface area contributed by atoms with Gasteiger partial charge in [0.2, 0.25) is 5.91 Å². The first-order valence-corrected chi connectivity index (χ1v) is 4.52. The molecule has 6 nitrogen and oxygen atoms in total. The number of likely N-dealkylation sites (N-methyl/N-ethyl adjacent to an activating group) is 1. The van der Waals surface area contributed by atoms with E-state index in [0.717, 1.165) is 0 Å². The van der Waals surface area contributed by atoms with Crippen molar-refractivity contribution in [2.45, 2.75) is 26.4 Å². The van der Waals surface area contributed by atoms with Crippen molar-refractivity contribution in [3.8, 4) is 0 Å². The molecule has 0 aliphatic carbocycles. The number of hydrogen-bond acceptors (Lipinski definition) is 5. The van der Waals surface area contributed by atoms with E-state index in [-0.39, 0.29) is 6.54 Å². The van der Waals surface area contributed by atoms with Crippen molar-refractivity contribution < 1.29 is 19.2 Å². The molecule has 0 fully saturated rings. The second-order valence-corrected chi connectivity index (χ2v) is 4.02. The summed E-state index contributed by atoms with van der Waals surface area (Å²) in [6.45, 7) is 5.13. The minimum absolute atomic E-state index is 0.0320. The number of ether oxygens (including phenoxy) is 1. The van der Waals surface area contributed by atoms with Crippen LogP contribution < -0.4 is 5.32 Å². The van der Waals surface area contributed by atoms with Gasteiger partial charge < -0.3 is 9.57 Å². The SMILES string of the molecule is CON(C)CC(=O)NC(=O)OC(C)(C)C. The summed E-state index contributed by atoms with van der Waals surface area (Å²) in [7, 11) is 3.01. The summed E-state index contributed by atoms with van der Waals surface area (Å²) in [5, 5.41) is 3.37. The normalized spacial score (nSPS) is 11.3. The molecule has 0 atom stereocenters. The quantitative estimate of drug-likeness (QED) is 0.700. The van der Waals surface area contributed by atoms with Crippen LogP contribution in [0.4, 0.5) is 4.79 Å². The molecular formula is C9H18N2O4. The van der Waals surface area contributed by atoms with Gasteiger partial charge in [-0.15, -0.1) is 0 Å². The van der Waals surface area contributed by atoms with E-state index in [1.165, 1.54) is 12.2 Å². The fourth-order valence-electron chi connectivity index (χ4n) is 0.724. The minimum atomic E-state index is -0.753. The molecule has 15 heavy (non-hydrogen) atoms. The highest BCUT2D eigenvalue weighted by Crippen LogP contribution is 2.06. The molecule has 0 aliphatic heterocycles. The highest BCUT2D eigenvalue weighted by Gasteiger charge is 2.18. The lowest BCUT2D eigenvalue weighted by molar-refractivity contribution is -0.141. The van der Waals surface area contributed by atoms with Crippen LogP contribution in [0.15, 0.2) is 0 Å². The fraction of sp³-hybridized carbons (Fsp3) is 0.778. The molecule has 88 valence electrons. The number of hydrogen-bond donors (Lipinski definition) is 1. The Kier molecular flexibility index (Phi) is 5.24. The highest BCUT2D eigenvalue weighted by molar-refractivity contribution is 5.92. The first kappa shape index (κ1) is 13.9. The summed E-state index contributed by atoms with van der Waals surface area (Å²) in [5.74, 6) is -0.478. The number of nitrogens with one attached hydrogen (secondary N) is 1. The third-order valence-corrected chi connectivity index (χ3v) is 1.32. The zero-order valence-electron chi connectivity index (χ0n) is 9.79. The van der Waals surface area contributed by atoms with E-state index in [1.54, 1.807) is 27.8 Å². The van der Waals surface area contributed by atoms with Crippen LogP contribution in [0.2, 0.25) is 0 Å². The molecular weight excluding hydrogens is 200 g/mol. The van der Waals surface area contributed by atoms with Gasteiger partial charge in [0.1, 0.15) is 12.1 Å². The molecule has 0 unspecified atom stereocenters. The number of rotatable bonds is 3. The average Bonchev–Trinajstić information content (AvgIpc) is 1.99. The van der Waals surface area contributed by atoms with Gasteiger partial charge in [-0.2, -0.15) is 5.06 Å². The molecule has 1 N–H and O–H groups in total. The Bertz CT molecular complexity index is 235. The van der Waals surface area contributed by atoms with Crippen molar-refractivity contribution in [3.63, 3.8) is 0 Å². The molecule has 0 saturated heterocycles. The maximum atomic E-state index is 11.2. The van der Waals surface area contributed by atoms with Crippen LogP contribution in [0, 0.1) is 0 Å². The first-order valence-electron chi connectivity index (χ1n) is 4.52. The third kappa shape index (κ3) is 7.90. The third-order valence-electron chi connectivity index (χ3n) is 1.32. The van der Waals surface area contributed by atoms with Crippen LogP contribution in [0.5, 0.6) is 0 Å². The Morgan fingerprint density at radius 2 is 1.87 bits per heavy atom. The smallest absolute Gasteiger partial charge is 0.414 e. The molecule has 2 amide bonds. The summed E-state index contributed by atoms with van der Waals surface area (Å²) < 4.78 is 4.89. The summed E-state index contributed by atoms with van der Waals surface area (Å²) >= 11 is 0. The zero-order valence-corrected chi connectivity index (χ0v) is 9.79. The predicted molar refractivity (Wildman–Crippen MR) is 54.0 cm³/mol. The Morgan fingerprint density at radius 3 is 2.27 bits per heavy atom. The van der Waals surface area contributed by atoms with Gasteiger partial charge in [0.25, 0.3) is 0 Å². The van der Waals surface area contributed by atoms with Crippen LogP contribution in [-0.4, -0.2) is 43.4 Å². The summed E-state index contributed by atoms with van der Waals surface area (Å²) in [6, 6.07) is 0. The van der Waals surface area contributed by atoms with Crippen molar-refractivity contribution in [1.82, 2.24) is 10.4 Å². The van der Waals surface area contributed by atoms with Crippen molar-refractivity contribution in [3.05, 3.63) is 0 Å². The maximum absolute atomic E-state index is 11.2. The van der Waals surface area contributed by atoms with E-state index in [9.17, 15) is 9.59 Å². The van der Waals surface area contributed by atoms with Gasteiger partial charge in [0, 0.05) is 7.05 Å². The predicted octanol–water partition coefficient (Wildman–Crippen LogP) is 0.531. The van der Waals surface area contributed by atoms with Crippen molar-refractivity contribution >= 4 is 12.0 Å². The van der Waals surface area contributed by atoms with Gasteiger partial charge in [0.15, 0.2) is 0 Å². The molecule has 0 aromatic heterocycles. The van der Waals surface area contributed by atoms with Gasteiger partial charge in [-0.25, -0.2) is 4.79 Å². The number of hydroxylamine groups is 2. The molecule has 0 radical (unpaired) electrons. The summed E-state index contributed by atoms with van der Waals surface area (Å²) in [6.07, 6.45) is -0.753. The monoisotopic (exact) mass is 218 g/mol. The van der Waals surface area contributed by atoms with Gasteiger partial charge >= 0.3 is 6.09 Å². The number of alkyl carbamates (subject to hydrolysis) is 1. The molecule has 0 bridgehead atoms. The van der Waals surface area contributed by atoms with Gasteiger partial charge in [-0.05, 0) is 20.8 Å². The van der Waals surface area contributed by atoms with Crippen molar-refractivity contribution in [2.75, 3.05) is 20.7 Å². The van der Waals surface area contributed by atoms with Crippen molar-refractivity contribution in [2.24, 2.45) is 0 Å². The van der Waals surface area contributed by atoms with Crippen LogP contribution in [0.25, 0.3) is 0 Å². The lowest BCUT2D eigenvalue weighted by atomic mass is 10.2. The first-order chi connectivity index (χ1) is 6.74. The van der Waals surface area contributed by atoms with Crippen LogP contribution >= 0.6 is 0 Å². The number of amides is 2. The van der Waals surface area contributed by atoms with Gasteiger partial charge in [-0.1, -0.05) is 0 Å². The van der Waals surface area contributed by atoms with Crippen molar-refractivity contribution in [1.29, 1.82) is 0 Å². The topological polar surface area (TPSA) is 67.9 Å². The van der Waals surface area contributed by atoms with E-state index in [2.05, 4.69) is 5.32 Å². The van der Waals surface area contributed by atoms with E-state index >= 15 is 0 Å². The Balaban J connectivity index is 3.92. The molecule has 0 aromatic carbocycles.